The SMILES string of the molecule is CCOc1ncnc(Nc2ccc(OC)cc2)c1[N+](=O)[O-]. The zero-order valence-electron chi connectivity index (χ0n) is 11.6. The molecule has 2 rings (SSSR count). The summed E-state index contributed by atoms with van der Waals surface area (Å²) in [5, 5.41) is 14.1. The normalized spacial score (nSPS) is 10.0. The number of hydrogen-bond acceptors (Lipinski definition) is 7. The van der Waals surface area contributed by atoms with E-state index in [4.69, 9.17) is 9.47 Å². The first-order valence-electron chi connectivity index (χ1n) is 6.19. The van der Waals surface area contributed by atoms with Crippen LogP contribution in [-0.4, -0.2) is 28.6 Å². The van der Waals surface area contributed by atoms with Crippen LogP contribution in [0.1, 0.15) is 6.92 Å². The predicted molar refractivity (Wildman–Crippen MR) is 76.1 cm³/mol. The molecule has 0 bridgehead atoms. The fourth-order valence-corrected chi connectivity index (χ4v) is 1.67. The van der Waals surface area contributed by atoms with Crippen LogP contribution in [0.3, 0.4) is 0 Å². The molecule has 0 saturated carbocycles. The number of ether oxygens (including phenoxy) is 2. The van der Waals surface area contributed by atoms with Crippen LogP contribution in [0.5, 0.6) is 11.6 Å². The Morgan fingerprint density at radius 1 is 1.29 bits per heavy atom. The molecule has 0 saturated heterocycles. The number of anilines is 2. The Hall–Kier alpha value is -2.90. The van der Waals surface area contributed by atoms with Crippen LogP contribution < -0.4 is 14.8 Å². The lowest BCUT2D eigenvalue weighted by Crippen LogP contribution is -2.05. The van der Waals surface area contributed by atoms with Crippen LogP contribution in [0.2, 0.25) is 0 Å². The molecule has 1 aromatic heterocycles. The van der Waals surface area contributed by atoms with Crippen molar-refractivity contribution in [2.45, 2.75) is 6.92 Å². The van der Waals surface area contributed by atoms with Gasteiger partial charge in [-0.15, -0.1) is 0 Å². The lowest BCUT2D eigenvalue weighted by Gasteiger charge is -2.09. The monoisotopic (exact) mass is 290 g/mol. The summed E-state index contributed by atoms with van der Waals surface area (Å²) in [7, 11) is 1.56. The smallest absolute Gasteiger partial charge is 0.373 e. The van der Waals surface area contributed by atoms with Gasteiger partial charge >= 0.3 is 5.69 Å². The first-order valence-corrected chi connectivity index (χ1v) is 6.19. The highest BCUT2D eigenvalue weighted by atomic mass is 16.6. The Morgan fingerprint density at radius 2 is 2.00 bits per heavy atom. The van der Waals surface area contributed by atoms with Gasteiger partial charge in [-0.3, -0.25) is 10.1 Å². The van der Waals surface area contributed by atoms with E-state index in [-0.39, 0.29) is 24.0 Å². The molecule has 0 unspecified atom stereocenters. The summed E-state index contributed by atoms with van der Waals surface area (Å²) in [5.41, 5.74) is 0.343. The summed E-state index contributed by atoms with van der Waals surface area (Å²) in [6, 6.07) is 6.92. The Balaban J connectivity index is 2.33. The first kappa shape index (κ1) is 14.5. The number of hydrogen-bond donors (Lipinski definition) is 1. The van der Waals surface area contributed by atoms with Crippen molar-refractivity contribution in [1.29, 1.82) is 0 Å². The van der Waals surface area contributed by atoms with Gasteiger partial charge in [0.05, 0.1) is 18.6 Å². The van der Waals surface area contributed by atoms with Crippen LogP contribution in [0, 0.1) is 10.1 Å². The highest BCUT2D eigenvalue weighted by Crippen LogP contribution is 2.32. The van der Waals surface area contributed by atoms with Gasteiger partial charge < -0.3 is 14.8 Å². The highest BCUT2D eigenvalue weighted by Gasteiger charge is 2.24. The molecule has 0 radical (unpaired) electrons. The second-order valence-corrected chi connectivity index (χ2v) is 3.92. The van der Waals surface area contributed by atoms with Crippen molar-refractivity contribution in [2.24, 2.45) is 0 Å². The van der Waals surface area contributed by atoms with Gasteiger partial charge in [-0.05, 0) is 31.2 Å². The van der Waals surface area contributed by atoms with Gasteiger partial charge in [0.1, 0.15) is 12.1 Å². The minimum atomic E-state index is -0.573. The molecule has 110 valence electrons. The zero-order chi connectivity index (χ0) is 15.2. The number of nitrogens with zero attached hydrogens (tertiary/aromatic N) is 3. The minimum absolute atomic E-state index is 0.0616. The average molecular weight is 290 g/mol. The lowest BCUT2D eigenvalue weighted by molar-refractivity contribution is -0.385. The molecular formula is C13H14N4O4. The summed E-state index contributed by atoms with van der Waals surface area (Å²) in [5.74, 6) is 0.699. The Morgan fingerprint density at radius 3 is 2.57 bits per heavy atom. The van der Waals surface area contributed by atoms with Gasteiger partial charge in [0.15, 0.2) is 0 Å². The molecule has 0 atom stereocenters. The third-order valence-corrected chi connectivity index (χ3v) is 2.61. The number of nitrogens with one attached hydrogen (secondary N) is 1. The van der Waals surface area contributed by atoms with Gasteiger partial charge in [-0.1, -0.05) is 0 Å². The van der Waals surface area contributed by atoms with E-state index in [1.165, 1.54) is 6.33 Å². The molecule has 8 heteroatoms. The van der Waals surface area contributed by atoms with Crippen LogP contribution in [0.25, 0.3) is 0 Å². The summed E-state index contributed by atoms with van der Waals surface area (Å²) in [4.78, 5) is 18.3. The summed E-state index contributed by atoms with van der Waals surface area (Å²) < 4.78 is 10.2. The average Bonchev–Trinajstić information content (AvgIpc) is 2.48. The number of nitro groups is 1. The fraction of sp³-hybridized carbons (Fsp3) is 0.231. The van der Waals surface area contributed by atoms with Gasteiger partial charge in [-0.2, -0.15) is 4.98 Å². The summed E-state index contributed by atoms with van der Waals surface area (Å²) >= 11 is 0. The van der Waals surface area contributed by atoms with Crippen LogP contribution in [0.4, 0.5) is 17.2 Å². The first-order chi connectivity index (χ1) is 10.2. The molecule has 21 heavy (non-hydrogen) atoms. The third-order valence-electron chi connectivity index (χ3n) is 2.61. The Labute approximate surface area is 120 Å². The van der Waals surface area contributed by atoms with Crippen molar-refractivity contribution in [3.8, 4) is 11.6 Å². The second kappa shape index (κ2) is 6.51. The molecule has 1 N–H and O–H groups in total. The molecule has 2 aromatic rings. The van der Waals surface area contributed by atoms with Crippen molar-refractivity contribution in [2.75, 3.05) is 19.0 Å². The molecule has 0 fully saturated rings. The van der Waals surface area contributed by atoms with Crippen LogP contribution in [-0.2, 0) is 0 Å². The molecule has 0 aliphatic heterocycles. The van der Waals surface area contributed by atoms with Gasteiger partial charge in [0.25, 0.3) is 5.88 Å². The molecule has 0 amide bonds. The number of methoxy groups -OCH3 is 1. The summed E-state index contributed by atoms with van der Waals surface area (Å²) in [6.45, 7) is 2.00. The van der Waals surface area contributed by atoms with E-state index >= 15 is 0 Å². The van der Waals surface area contributed by atoms with Crippen molar-refractivity contribution in [3.05, 3.63) is 40.7 Å². The molecule has 0 aliphatic carbocycles. The van der Waals surface area contributed by atoms with E-state index < -0.39 is 4.92 Å². The zero-order valence-corrected chi connectivity index (χ0v) is 11.6. The van der Waals surface area contributed by atoms with E-state index in [9.17, 15) is 10.1 Å². The number of aromatic nitrogens is 2. The predicted octanol–water partition coefficient (Wildman–Crippen LogP) is 2.54. The van der Waals surface area contributed by atoms with Crippen molar-refractivity contribution >= 4 is 17.2 Å². The van der Waals surface area contributed by atoms with Crippen LogP contribution in [0.15, 0.2) is 30.6 Å². The molecule has 1 aromatic carbocycles. The standard InChI is InChI=1S/C13H14N4O4/c1-3-21-13-11(17(18)19)12(14-8-15-13)16-9-4-6-10(20-2)7-5-9/h4-8H,3H2,1-2H3,(H,14,15,16). The molecule has 1 heterocycles. The second-order valence-electron chi connectivity index (χ2n) is 3.92. The highest BCUT2D eigenvalue weighted by molar-refractivity contribution is 5.68. The maximum absolute atomic E-state index is 11.2. The van der Waals surface area contributed by atoms with E-state index in [1.807, 2.05) is 0 Å². The largest absolute Gasteiger partial charge is 0.497 e. The van der Waals surface area contributed by atoms with Crippen molar-refractivity contribution < 1.29 is 14.4 Å². The van der Waals surface area contributed by atoms with Gasteiger partial charge in [-0.25, -0.2) is 4.98 Å². The van der Waals surface area contributed by atoms with E-state index in [2.05, 4.69) is 15.3 Å². The quantitative estimate of drug-likeness (QED) is 0.644. The number of benzene rings is 1. The Bertz CT molecular complexity index is 631. The minimum Gasteiger partial charge on any atom is -0.497 e. The van der Waals surface area contributed by atoms with Crippen molar-refractivity contribution in [1.82, 2.24) is 9.97 Å². The van der Waals surface area contributed by atoms with E-state index in [1.54, 1.807) is 38.3 Å². The maximum atomic E-state index is 11.2. The topological polar surface area (TPSA) is 99.4 Å². The molecular weight excluding hydrogens is 276 g/mol. The lowest BCUT2D eigenvalue weighted by atomic mass is 10.3. The maximum Gasteiger partial charge on any atom is 0.373 e. The number of rotatable bonds is 6. The van der Waals surface area contributed by atoms with Crippen molar-refractivity contribution in [3.63, 3.8) is 0 Å². The van der Waals surface area contributed by atoms with Crippen LogP contribution >= 0.6 is 0 Å². The third kappa shape index (κ3) is 3.35. The summed E-state index contributed by atoms with van der Waals surface area (Å²) in [6.07, 6.45) is 1.21. The van der Waals surface area contributed by atoms with Gasteiger partial charge in [0.2, 0.25) is 5.82 Å². The Kier molecular flexibility index (Phi) is 4.50. The molecule has 0 spiro atoms. The van der Waals surface area contributed by atoms with E-state index in [0.717, 1.165) is 0 Å². The van der Waals surface area contributed by atoms with E-state index in [0.29, 0.717) is 11.4 Å². The van der Waals surface area contributed by atoms with Gasteiger partial charge in [0, 0.05) is 5.69 Å². The molecule has 8 nitrogen and oxygen atoms in total. The fourth-order valence-electron chi connectivity index (χ4n) is 1.67. The molecule has 0 aliphatic rings.